The lowest BCUT2D eigenvalue weighted by Crippen LogP contribution is -2.59. The number of amides is 3. The fourth-order valence-corrected chi connectivity index (χ4v) is 7.39. The van der Waals surface area contributed by atoms with E-state index in [-0.39, 0.29) is 30.2 Å². The third kappa shape index (κ3) is 4.94. The molecule has 6 atom stereocenters. The third-order valence-electron chi connectivity index (χ3n) is 9.17. The number of fused-ring (bicyclic) bond motifs is 2. The van der Waals surface area contributed by atoms with Crippen LogP contribution in [0, 0.1) is 17.8 Å². The molecule has 5 rings (SSSR count). The number of rotatable bonds is 10. The Kier molecular flexibility index (Phi) is 8.54. The smallest absolute Gasteiger partial charge is 0.249 e. The Morgan fingerprint density at radius 3 is 2.36 bits per heavy atom. The molecule has 228 valence electrons. The summed E-state index contributed by atoms with van der Waals surface area (Å²) in [5.74, 6) is -1.60. The van der Waals surface area contributed by atoms with Gasteiger partial charge >= 0.3 is 0 Å². The summed E-state index contributed by atoms with van der Waals surface area (Å²) >= 11 is 0. The molecule has 9 heteroatoms. The Hall–Kier alpha value is -3.17. The molecule has 4 aliphatic heterocycles. The normalized spacial score (nSPS) is 31.3. The molecule has 2 fully saturated rings. The maximum atomic E-state index is 14.6. The number of likely N-dealkylation sites (tertiary alicyclic amines) is 1. The molecule has 0 aliphatic carbocycles. The first-order chi connectivity index (χ1) is 20.1. The SMILES string of the molecule is CCCCN1CC=C[C@]23O[C@]4(C)C=CCN(c5ccc(OCC)cc5)C(=O)[C@@H]4[C@H]2C(=O)N([C@@H](CO)CC(C)C)C3C1=O. The predicted molar refractivity (Wildman–Crippen MR) is 160 cm³/mol. The molecule has 1 aromatic rings. The Bertz CT molecular complexity index is 1240. The van der Waals surface area contributed by atoms with Crippen LogP contribution in [0.15, 0.2) is 48.6 Å². The molecule has 3 amide bonds. The Labute approximate surface area is 249 Å². The number of aliphatic hydroxyl groups excluding tert-OH is 1. The minimum absolute atomic E-state index is 0.183. The van der Waals surface area contributed by atoms with Gasteiger partial charge in [-0.1, -0.05) is 51.5 Å². The standard InChI is InChI=1S/C33H45N3O6/c1-6-8-17-34-18-10-16-33-27(30(39)36(28(33)31(34)40)24(21-37)20-22(3)4)26-29(38)35(19-9-15-32(26,5)42-33)23-11-13-25(14-12-23)41-7-2/h9-16,22,24,26-28,37H,6-8,17-21H2,1-5H3/t24-,26+,27+,28?,32-,33+/m1/s1. The van der Waals surface area contributed by atoms with E-state index in [1.165, 1.54) is 0 Å². The molecule has 0 saturated carbocycles. The van der Waals surface area contributed by atoms with Crippen molar-refractivity contribution in [3.63, 3.8) is 0 Å². The van der Waals surface area contributed by atoms with Crippen molar-refractivity contribution in [2.24, 2.45) is 17.8 Å². The molecule has 9 nitrogen and oxygen atoms in total. The van der Waals surface area contributed by atoms with E-state index >= 15 is 0 Å². The minimum atomic E-state index is -1.33. The highest BCUT2D eigenvalue weighted by Gasteiger charge is 2.75. The van der Waals surface area contributed by atoms with E-state index < -0.39 is 35.1 Å². The summed E-state index contributed by atoms with van der Waals surface area (Å²) in [5.41, 5.74) is -1.73. The number of anilines is 1. The van der Waals surface area contributed by atoms with Crippen LogP contribution >= 0.6 is 0 Å². The number of benzene rings is 1. The minimum Gasteiger partial charge on any atom is -0.494 e. The largest absolute Gasteiger partial charge is 0.494 e. The van der Waals surface area contributed by atoms with Crippen molar-refractivity contribution in [1.29, 1.82) is 0 Å². The Balaban J connectivity index is 1.60. The number of nitrogens with zero attached hydrogens (tertiary/aromatic N) is 3. The average molecular weight is 580 g/mol. The highest BCUT2D eigenvalue weighted by atomic mass is 16.5. The number of hydrogen-bond acceptors (Lipinski definition) is 6. The third-order valence-corrected chi connectivity index (χ3v) is 9.17. The van der Waals surface area contributed by atoms with E-state index in [0.29, 0.717) is 44.1 Å². The summed E-state index contributed by atoms with van der Waals surface area (Å²) in [6.07, 6.45) is 9.89. The summed E-state index contributed by atoms with van der Waals surface area (Å²) in [6, 6.07) is 5.83. The molecule has 1 spiro atoms. The van der Waals surface area contributed by atoms with Crippen LogP contribution in [-0.4, -0.2) is 88.8 Å². The number of carbonyl (C=O) groups is 3. The number of unbranched alkanes of at least 4 members (excludes halogenated alkanes) is 1. The van der Waals surface area contributed by atoms with Gasteiger partial charge in [-0.3, -0.25) is 14.4 Å². The molecular weight excluding hydrogens is 534 g/mol. The lowest BCUT2D eigenvalue weighted by Gasteiger charge is -2.40. The Morgan fingerprint density at radius 1 is 1.00 bits per heavy atom. The van der Waals surface area contributed by atoms with Gasteiger partial charge in [0, 0.05) is 25.3 Å². The molecule has 4 heterocycles. The topological polar surface area (TPSA) is 99.6 Å². The van der Waals surface area contributed by atoms with Crippen molar-refractivity contribution in [3.8, 4) is 5.75 Å². The van der Waals surface area contributed by atoms with Crippen LogP contribution in [0.3, 0.4) is 0 Å². The number of ether oxygens (including phenoxy) is 2. The summed E-state index contributed by atoms with van der Waals surface area (Å²) in [6.45, 7) is 11.5. The van der Waals surface area contributed by atoms with E-state index in [9.17, 15) is 19.5 Å². The molecule has 0 radical (unpaired) electrons. The van der Waals surface area contributed by atoms with Crippen LogP contribution < -0.4 is 9.64 Å². The van der Waals surface area contributed by atoms with Gasteiger partial charge in [0.1, 0.15) is 17.4 Å². The predicted octanol–water partition coefficient (Wildman–Crippen LogP) is 3.56. The summed E-state index contributed by atoms with van der Waals surface area (Å²) in [7, 11) is 0. The second kappa shape index (κ2) is 11.8. The van der Waals surface area contributed by atoms with E-state index in [4.69, 9.17) is 9.47 Å². The highest BCUT2D eigenvalue weighted by molar-refractivity contribution is 6.04. The van der Waals surface area contributed by atoms with E-state index in [2.05, 4.69) is 6.92 Å². The molecule has 4 aliphatic rings. The fourth-order valence-electron chi connectivity index (χ4n) is 7.39. The quantitative estimate of drug-likeness (QED) is 0.426. The van der Waals surface area contributed by atoms with Gasteiger partial charge in [-0.25, -0.2) is 0 Å². The molecule has 1 N–H and O–H groups in total. The average Bonchev–Trinajstić information content (AvgIpc) is 3.23. The van der Waals surface area contributed by atoms with Crippen LogP contribution in [0.25, 0.3) is 0 Å². The zero-order valence-electron chi connectivity index (χ0n) is 25.5. The van der Waals surface area contributed by atoms with Crippen LogP contribution in [0.5, 0.6) is 5.75 Å². The zero-order valence-corrected chi connectivity index (χ0v) is 25.5. The number of aliphatic hydroxyl groups is 1. The zero-order chi connectivity index (χ0) is 30.2. The Morgan fingerprint density at radius 2 is 1.71 bits per heavy atom. The second-order valence-corrected chi connectivity index (χ2v) is 12.5. The van der Waals surface area contributed by atoms with Gasteiger partial charge < -0.3 is 29.3 Å². The number of carbonyl (C=O) groups excluding carboxylic acids is 3. The highest BCUT2D eigenvalue weighted by Crippen LogP contribution is 2.58. The summed E-state index contributed by atoms with van der Waals surface area (Å²) in [4.78, 5) is 48.6. The maximum absolute atomic E-state index is 14.6. The monoisotopic (exact) mass is 579 g/mol. The van der Waals surface area contributed by atoms with Crippen molar-refractivity contribution in [1.82, 2.24) is 9.80 Å². The summed E-state index contributed by atoms with van der Waals surface area (Å²) < 4.78 is 12.5. The summed E-state index contributed by atoms with van der Waals surface area (Å²) in [5, 5.41) is 10.5. The molecule has 2 saturated heterocycles. The van der Waals surface area contributed by atoms with E-state index in [1.807, 2.05) is 76.3 Å². The van der Waals surface area contributed by atoms with Crippen molar-refractivity contribution >= 4 is 23.4 Å². The van der Waals surface area contributed by atoms with Gasteiger partial charge in [0.15, 0.2) is 0 Å². The van der Waals surface area contributed by atoms with Crippen molar-refractivity contribution in [3.05, 3.63) is 48.6 Å². The van der Waals surface area contributed by atoms with E-state index in [1.54, 1.807) is 14.7 Å². The van der Waals surface area contributed by atoms with Crippen LogP contribution in [0.1, 0.15) is 53.9 Å². The molecule has 0 bridgehead atoms. The fraction of sp³-hybridized carbons (Fsp3) is 0.606. The number of hydrogen-bond donors (Lipinski definition) is 1. The maximum Gasteiger partial charge on any atom is 0.249 e. The second-order valence-electron chi connectivity index (χ2n) is 12.5. The van der Waals surface area contributed by atoms with Crippen molar-refractivity contribution in [2.45, 2.75) is 77.2 Å². The first-order valence-corrected chi connectivity index (χ1v) is 15.4. The lowest BCUT2D eigenvalue weighted by atomic mass is 9.74. The van der Waals surface area contributed by atoms with E-state index in [0.717, 1.165) is 12.8 Å². The van der Waals surface area contributed by atoms with Gasteiger partial charge in [-0.2, -0.15) is 0 Å². The van der Waals surface area contributed by atoms with Gasteiger partial charge in [-0.15, -0.1) is 0 Å². The molecule has 1 unspecified atom stereocenters. The molecule has 42 heavy (non-hydrogen) atoms. The van der Waals surface area contributed by atoms with Gasteiger partial charge in [-0.05, 0) is 56.9 Å². The van der Waals surface area contributed by atoms with Crippen molar-refractivity contribution < 1.29 is 29.0 Å². The van der Waals surface area contributed by atoms with Crippen LogP contribution in [0.2, 0.25) is 0 Å². The van der Waals surface area contributed by atoms with Gasteiger partial charge in [0.25, 0.3) is 0 Å². The van der Waals surface area contributed by atoms with Gasteiger partial charge in [0.05, 0.1) is 36.7 Å². The van der Waals surface area contributed by atoms with Crippen molar-refractivity contribution in [2.75, 3.05) is 37.7 Å². The molecular formula is C33H45N3O6. The molecule has 1 aromatic carbocycles. The first kappa shape index (κ1) is 30.3. The first-order valence-electron chi connectivity index (χ1n) is 15.4. The van der Waals surface area contributed by atoms with Gasteiger partial charge in [0.2, 0.25) is 17.7 Å². The molecule has 0 aromatic heterocycles. The lowest BCUT2D eigenvalue weighted by molar-refractivity contribution is -0.154. The van der Waals surface area contributed by atoms with Crippen LogP contribution in [-0.2, 0) is 19.1 Å². The van der Waals surface area contributed by atoms with Crippen LogP contribution in [0.4, 0.5) is 5.69 Å².